The molecule has 108 valence electrons. The van der Waals surface area contributed by atoms with Gasteiger partial charge in [0.25, 0.3) is 0 Å². The molecule has 0 spiro atoms. The Balaban J connectivity index is 1.93. The molecule has 2 amide bonds. The standard InChI is InChI=1S/C15H21N3O2/c1-10(17-14(19)4-3-7-16-2)11-5-6-13-12(8-11)9-15(20)18-13/h5-6,8,10,16H,3-4,7,9H2,1-2H3,(H,17,19)(H,18,20). The normalized spacial score (nSPS) is 14.6. The lowest BCUT2D eigenvalue weighted by Gasteiger charge is -2.15. The third kappa shape index (κ3) is 3.57. The predicted octanol–water partition coefficient (Wildman–Crippen LogP) is 1.36. The Morgan fingerprint density at radius 3 is 3.00 bits per heavy atom. The van der Waals surface area contributed by atoms with E-state index in [-0.39, 0.29) is 17.9 Å². The van der Waals surface area contributed by atoms with Crippen molar-refractivity contribution in [1.29, 1.82) is 0 Å². The summed E-state index contributed by atoms with van der Waals surface area (Å²) in [5.74, 6) is 0.0864. The lowest BCUT2D eigenvalue weighted by Crippen LogP contribution is -2.27. The third-order valence-electron chi connectivity index (χ3n) is 3.46. The van der Waals surface area contributed by atoms with Crippen molar-refractivity contribution in [2.45, 2.75) is 32.2 Å². The number of carbonyl (C=O) groups is 2. The molecule has 2 rings (SSSR count). The zero-order chi connectivity index (χ0) is 14.5. The van der Waals surface area contributed by atoms with Gasteiger partial charge in [-0.15, -0.1) is 0 Å². The molecule has 0 saturated carbocycles. The number of amides is 2. The molecule has 0 aromatic heterocycles. The van der Waals surface area contributed by atoms with Crippen LogP contribution in [0.25, 0.3) is 0 Å². The highest BCUT2D eigenvalue weighted by molar-refractivity contribution is 5.99. The van der Waals surface area contributed by atoms with Crippen LogP contribution >= 0.6 is 0 Å². The molecule has 0 bridgehead atoms. The van der Waals surface area contributed by atoms with Gasteiger partial charge in [-0.2, -0.15) is 0 Å². The molecule has 1 aromatic rings. The van der Waals surface area contributed by atoms with Crippen LogP contribution in [0.5, 0.6) is 0 Å². The van der Waals surface area contributed by atoms with E-state index in [1.165, 1.54) is 0 Å². The summed E-state index contributed by atoms with van der Waals surface area (Å²) in [6.45, 7) is 2.80. The lowest BCUT2D eigenvalue weighted by molar-refractivity contribution is -0.121. The molecule has 0 fully saturated rings. The van der Waals surface area contributed by atoms with Crippen LogP contribution in [0.2, 0.25) is 0 Å². The molecule has 5 nitrogen and oxygen atoms in total. The minimum absolute atomic E-state index is 0.0286. The van der Waals surface area contributed by atoms with Crippen molar-refractivity contribution in [1.82, 2.24) is 10.6 Å². The fourth-order valence-corrected chi connectivity index (χ4v) is 2.34. The molecule has 1 unspecified atom stereocenters. The second kappa shape index (κ2) is 6.52. The number of carbonyl (C=O) groups excluding carboxylic acids is 2. The first-order valence-corrected chi connectivity index (χ1v) is 6.97. The summed E-state index contributed by atoms with van der Waals surface area (Å²) in [6.07, 6.45) is 1.78. The van der Waals surface area contributed by atoms with Crippen LogP contribution in [0.1, 0.15) is 36.9 Å². The van der Waals surface area contributed by atoms with E-state index in [0.29, 0.717) is 12.8 Å². The zero-order valence-electron chi connectivity index (χ0n) is 12.0. The highest BCUT2D eigenvalue weighted by Crippen LogP contribution is 2.26. The number of nitrogens with one attached hydrogen (secondary N) is 3. The number of fused-ring (bicyclic) bond motifs is 1. The number of benzene rings is 1. The van der Waals surface area contributed by atoms with Gasteiger partial charge in [-0.05, 0) is 44.1 Å². The van der Waals surface area contributed by atoms with E-state index in [1.807, 2.05) is 32.2 Å². The summed E-state index contributed by atoms with van der Waals surface area (Å²) in [7, 11) is 1.88. The van der Waals surface area contributed by atoms with Crippen LogP contribution in [0.4, 0.5) is 5.69 Å². The molecule has 0 aliphatic carbocycles. The Bertz CT molecular complexity index is 514. The smallest absolute Gasteiger partial charge is 0.228 e. The summed E-state index contributed by atoms with van der Waals surface area (Å²) in [5.41, 5.74) is 2.91. The van der Waals surface area contributed by atoms with Gasteiger partial charge in [-0.3, -0.25) is 9.59 Å². The molecular formula is C15H21N3O2. The van der Waals surface area contributed by atoms with E-state index in [9.17, 15) is 9.59 Å². The van der Waals surface area contributed by atoms with Crippen LogP contribution in [0, 0.1) is 0 Å². The number of hydrogen-bond donors (Lipinski definition) is 3. The maximum Gasteiger partial charge on any atom is 0.228 e. The Labute approximate surface area is 119 Å². The van der Waals surface area contributed by atoms with E-state index in [0.717, 1.165) is 29.8 Å². The van der Waals surface area contributed by atoms with Gasteiger partial charge in [-0.1, -0.05) is 12.1 Å². The molecule has 5 heteroatoms. The first-order valence-electron chi connectivity index (χ1n) is 6.97. The fraction of sp³-hybridized carbons (Fsp3) is 0.467. The largest absolute Gasteiger partial charge is 0.350 e. The van der Waals surface area contributed by atoms with Crippen molar-refractivity contribution in [3.63, 3.8) is 0 Å². The van der Waals surface area contributed by atoms with Gasteiger partial charge in [0.2, 0.25) is 11.8 Å². The maximum absolute atomic E-state index is 11.8. The molecular weight excluding hydrogens is 254 g/mol. The Kier molecular flexibility index (Phi) is 4.74. The quantitative estimate of drug-likeness (QED) is 0.687. The van der Waals surface area contributed by atoms with Gasteiger partial charge in [0, 0.05) is 12.1 Å². The van der Waals surface area contributed by atoms with Crippen molar-refractivity contribution in [3.8, 4) is 0 Å². The predicted molar refractivity (Wildman–Crippen MR) is 78.5 cm³/mol. The van der Waals surface area contributed by atoms with Gasteiger partial charge in [-0.25, -0.2) is 0 Å². The molecule has 1 aliphatic rings. The van der Waals surface area contributed by atoms with Crippen molar-refractivity contribution < 1.29 is 9.59 Å². The van der Waals surface area contributed by atoms with E-state index >= 15 is 0 Å². The molecule has 20 heavy (non-hydrogen) atoms. The van der Waals surface area contributed by atoms with Gasteiger partial charge < -0.3 is 16.0 Å². The average molecular weight is 275 g/mol. The van der Waals surface area contributed by atoms with Gasteiger partial charge >= 0.3 is 0 Å². The number of rotatable bonds is 6. The molecule has 0 radical (unpaired) electrons. The summed E-state index contributed by atoms with van der Waals surface area (Å²) in [4.78, 5) is 23.1. The highest BCUT2D eigenvalue weighted by atomic mass is 16.2. The second-order valence-corrected chi connectivity index (χ2v) is 5.14. The van der Waals surface area contributed by atoms with Crippen molar-refractivity contribution in [2.24, 2.45) is 0 Å². The topological polar surface area (TPSA) is 70.2 Å². The minimum Gasteiger partial charge on any atom is -0.350 e. The van der Waals surface area contributed by atoms with Crippen molar-refractivity contribution >= 4 is 17.5 Å². The van der Waals surface area contributed by atoms with Crippen molar-refractivity contribution in [3.05, 3.63) is 29.3 Å². The summed E-state index contributed by atoms with van der Waals surface area (Å²) in [6, 6.07) is 5.80. The van der Waals surface area contributed by atoms with E-state index in [4.69, 9.17) is 0 Å². The van der Waals surface area contributed by atoms with E-state index in [2.05, 4.69) is 16.0 Å². The van der Waals surface area contributed by atoms with E-state index < -0.39 is 0 Å². The Morgan fingerprint density at radius 2 is 2.25 bits per heavy atom. The summed E-state index contributed by atoms with van der Waals surface area (Å²) < 4.78 is 0. The van der Waals surface area contributed by atoms with Crippen LogP contribution < -0.4 is 16.0 Å². The second-order valence-electron chi connectivity index (χ2n) is 5.14. The SMILES string of the molecule is CNCCCC(=O)NC(C)c1ccc2c(c1)CC(=O)N2. The minimum atomic E-state index is -0.0434. The number of hydrogen-bond acceptors (Lipinski definition) is 3. The maximum atomic E-state index is 11.8. The first-order chi connectivity index (χ1) is 9.60. The monoisotopic (exact) mass is 275 g/mol. The summed E-state index contributed by atoms with van der Waals surface area (Å²) in [5, 5.41) is 8.81. The van der Waals surface area contributed by atoms with Crippen molar-refractivity contribution in [2.75, 3.05) is 18.9 Å². The molecule has 0 saturated heterocycles. The first kappa shape index (κ1) is 14.5. The Morgan fingerprint density at radius 1 is 1.45 bits per heavy atom. The Hall–Kier alpha value is -1.88. The summed E-state index contributed by atoms with van der Waals surface area (Å²) >= 11 is 0. The molecule has 1 aromatic carbocycles. The van der Waals surface area contributed by atoms with Gasteiger partial charge in [0.15, 0.2) is 0 Å². The lowest BCUT2D eigenvalue weighted by atomic mass is 10.0. The van der Waals surface area contributed by atoms with Gasteiger partial charge in [0.05, 0.1) is 12.5 Å². The van der Waals surface area contributed by atoms with Crippen LogP contribution in [0.3, 0.4) is 0 Å². The highest BCUT2D eigenvalue weighted by Gasteiger charge is 2.19. The zero-order valence-corrected chi connectivity index (χ0v) is 12.0. The van der Waals surface area contributed by atoms with Crippen LogP contribution in [-0.4, -0.2) is 25.4 Å². The average Bonchev–Trinajstić information content (AvgIpc) is 2.77. The molecule has 3 N–H and O–H groups in total. The molecule has 1 atom stereocenters. The number of anilines is 1. The van der Waals surface area contributed by atoms with Crippen LogP contribution in [0.15, 0.2) is 18.2 Å². The third-order valence-corrected chi connectivity index (χ3v) is 3.46. The molecule has 1 heterocycles. The van der Waals surface area contributed by atoms with Crippen LogP contribution in [-0.2, 0) is 16.0 Å². The van der Waals surface area contributed by atoms with E-state index in [1.54, 1.807) is 0 Å². The fourth-order valence-electron chi connectivity index (χ4n) is 2.34. The molecule has 1 aliphatic heterocycles. The van der Waals surface area contributed by atoms with Gasteiger partial charge in [0.1, 0.15) is 0 Å².